The first kappa shape index (κ1) is 19.5. The molecule has 0 aliphatic heterocycles. The smallest absolute Gasteiger partial charge is 0.191 e. The molecule has 0 fully saturated rings. The summed E-state index contributed by atoms with van der Waals surface area (Å²) in [6.45, 7) is 5.25. The van der Waals surface area contributed by atoms with Gasteiger partial charge in [-0.25, -0.2) is 4.99 Å². The van der Waals surface area contributed by atoms with E-state index >= 15 is 0 Å². The number of aliphatic imine (C=N–C) groups is 1. The van der Waals surface area contributed by atoms with Gasteiger partial charge in [0.05, 0.1) is 12.6 Å². The fraction of sp³-hybridized carbons (Fsp3) is 0.500. The van der Waals surface area contributed by atoms with Crippen molar-refractivity contribution >= 4 is 5.96 Å². The molecule has 1 aromatic heterocycles. The van der Waals surface area contributed by atoms with E-state index in [9.17, 15) is 0 Å². The molecule has 1 aromatic carbocycles. The molecule has 1 aliphatic rings. The van der Waals surface area contributed by atoms with Gasteiger partial charge in [-0.15, -0.1) is 0 Å². The normalized spacial score (nSPS) is 16.8. The first-order valence-electron chi connectivity index (χ1n) is 10.1. The zero-order valence-corrected chi connectivity index (χ0v) is 16.6. The topological polar surface area (TPSA) is 50.6 Å². The number of benzene rings is 1. The van der Waals surface area contributed by atoms with E-state index in [1.165, 1.54) is 29.5 Å². The van der Waals surface area contributed by atoms with Gasteiger partial charge in [-0.05, 0) is 55.4 Å². The molecule has 0 spiro atoms. The molecule has 0 saturated heterocycles. The predicted molar refractivity (Wildman–Crippen MR) is 111 cm³/mol. The van der Waals surface area contributed by atoms with Gasteiger partial charge < -0.3 is 19.9 Å². The van der Waals surface area contributed by atoms with Crippen LogP contribution in [-0.4, -0.2) is 30.2 Å². The molecule has 2 N–H and O–H groups in total. The third-order valence-electron chi connectivity index (χ3n) is 4.90. The molecule has 0 saturated carbocycles. The number of aromatic nitrogens is 1. The van der Waals surface area contributed by atoms with Crippen molar-refractivity contribution in [3.05, 3.63) is 59.4 Å². The Hall–Kier alpha value is -2.27. The fourth-order valence-corrected chi connectivity index (χ4v) is 3.55. The van der Waals surface area contributed by atoms with Crippen LogP contribution < -0.4 is 10.6 Å². The number of hydrogen-bond acceptors (Lipinski definition) is 2. The maximum absolute atomic E-state index is 6.18. The molecule has 5 nitrogen and oxygen atoms in total. The number of guanidine groups is 1. The van der Waals surface area contributed by atoms with Gasteiger partial charge in [-0.1, -0.05) is 24.3 Å². The lowest BCUT2D eigenvalue weighted by Gasteiger charge is -2.25. The monoisotopic (exact) mass is 368 g/mol. The molecule has 146 valence electrons. The molecule has 2 aromatic rings. The molecule has 0 bridgehead atoms. The van der Waals surface area contributed by atoms with Crippen molar-refractivity contribution in [1.82, 2.24) is 15.2 Å². The summed E-state index contributed by atoms with van der Waals surface area (Å²) < 4.78 is 8.23. The van der Waals surface area contributed by atoms with Crippen LogP contribution in [0.15, 0.2) is 47.7 Å². The number of fused-ring (bicyclic) bond motifs is 1. The summed E-state index contributed by atoms with van der Waals surface area (Å²) >= 11 is 0. The van der Waals surface area contributed by atoms with Crippen LogP contribution in [0.5, 0.6) is 0 Å². The van der Waals surface area contributed by atoms with E-state index in [2.05, 4.69) is 59.1 Å². The average molecular weight is 369 g/mol. The minimum Gasteiger partial charge on any atom is -0.373 e. The van der Waals surface area contributed by atoms with Crippen molar-refractivity contribution < 1.29 is 4.74 Å². The first-order valence-corrected chi connectivity index (χ1v) is 10.1. The van der Waals surface area contributed by atoms with E-state index in [1.807, 2.05) is 17.8 Å². The van der Waals surface area contributed by atoms with Crippen LogP contribution in [0.3, 0.4) is 0 Å². The lowest BCUT2D eigenvalue weighted by Crippen LogP contribution is -2.38. The van der Waals surface area contributed by atoms with Gasteiger partial charge in [0.2, 0.25) is 0 Å². The molecule has 0 amide bonds. The second kappa shape index (κ2) is 10.2. The molecule has 1 heterocycles. The Morgan fingerprint density at radius 2 is 2.15 bits per heavy atom. The lowest BCUT2D eigenvalue weighted by atomic mass is 9.89. The highest BCUT2D eigenvalue weighted by atomic mass is 16.5. The van der Waals surface area contributed by atoms with Gasteiger partial charge in [0.25, 0.3) is 0 Å². The van der Waals surface area contributed by atoms with Gasteiger partial charge in [0, 0.05) is 39.1 Å². The van der Waals surface area contributed by atoms with Gasteiger partial charge in [-0.3, -0.25) is 0 Å². The molecular weight excluding hydrogens is 336 g/mol. The van der Waals surface area contributed by atoms with Crippen LogP contribution >= 0.6 is 0 Å². The predicted octanol–water partition coefficient (Wildman–Crippen LogP) is 3.56. The minimum atomic E-state index is 0.259. The second-order valence-corrected chi connectivity index (χ2v) is 7.11. The Morgan fingerprint density at radius 3 is 2.96 bits per heavy atom. The summed E-state index contributed by atoms with van der Waals surface area (Å²) in [5.41, 5.74) is 4.05. The van der Waals surface area contributed by atoms with Gasteiger partial charge in [0.15, 0.2) is 5.96 Å². The Labute approximate surface area is 162 Å². The van der Waals surface area contributed by atoms with Crippen molar-refractivity contribution in [2.45, 2.75) is 45.3 Å². The van der Waals surface area contributed by atoms with Crippen molar-refractivity contribution in [3.8, 4) is 0 Å². The molecular formula is C22H32N4O. The summed E-state index contributed by atoms with van der Waals surface area (Å²) in [6, 6.07) is 10.8. The molecule has 5 heteroatoms. The van der Waals surface area contributed by atoms with Gasteiger partial charge in [-0.2, -0.15) is 0 Å². The lowest BCUT2D eigenvalue weighted by molar-refractivity contribution is 0.0398. The number of nitrogens with one attached hydrogen (secondary N) is 2. The van der Waals surface area contributed by atoms with E-state index in [1.54, 1.807) is 0 Å². The highest BCUT2D eigenvalue weighted by Gasteiger charge is 2.19. The number of aryl methyl sites for hydroxylation is 2. The van der Waals surface area contributed by atoms with Crippen LogP contribution in [0.25, 0.3) is 0 Å². The summed E-state index contributed by atoms with van der Waals surface area (Å²) in [5.74, 6) is 0.865. The van der Waals surface area contributed by atoms with Crippen molar-refractivity contribution in [3.63, 3.8) is 0 Å². The summed E-state index contributed by atoms with van der Waals surface area (Å²) in [6.07, 6.45) is 8.91. The fourth-order valence-electron chi connectivity index (χ4n) is 3.55. The number of nitrogens with zero attached hydrogens (tertiary/aromatic N) is 2. The maximum Gasteiger partial charge on any atom is 0.191 e. The van der Waals surface area contributed by atoms with Gasteiger partial charge >= 0.3 is 0 Å². The van der Waals surface area contributed by atoms with E-state index < -0.39 is 0 Å². The van der Waals surface area contributed by atoms with Crippen molar-refractivity contribution in [2.24, 2.45) is 12.0 Å². The molecule has 3 rings (SSSR count). The number of rotatable bonds is 8. The zero-order chi connectivity index (χ0) is 18.9. The molecule has 1 unspecified atom stereocenters. The maximum atomic E-state index is 6.18. The molecule has 0 radical (unpaired) electrons. The Kier molecular flexibility index (Phi) is 7.34. The number of hydrogen-bond donors (Lipinski definition) is 2. The van der Waals surface area contributed by atoms with E-state index in [-0.39, 0.29) is 6.10 Å². The zero-order valence-electron chi connectivity index (χ0n) is 16.6. The highest BCUT2D eigenvalue weighted by molar-refractivity contribution is 5.79. The summed E-state index contributed by atoms with van der Waals surface area (Å²) in [7, 11) is 2.03. The Morgan fingerprint density at radius 1 is 1.26 bits per heavy atom. The van der Waals surface area contributed by atoms with Crippen LogP contribution in [0.4, 0.5) is 0 Å². The first-order chi connectivity index (χ1) is 13.3. The van der Waals surface area contributed by atoms with Crippen LogP contribution in [0.1, 0.15) is 49.0 Å². The van der Waals surface area contributed by atoms with Crippen LogP contribution in [0, 0.1) is 0 Å². The molecule has 1 aliphatic carbocycles. The average Bonchev–Trinajstić information content (AvgIpc) is 3.11. The van der Waals surface area contributed by atoms with Crippen LogP contribution in [0.2, 0.25) is 0 Å². The van der Waals surface area contributed by atoms with Crippen molar-refractivity contribution in [1.29, 1.82) is 0 Å². The SMILES string of the molecule is CCNC(=NCc1ccn(C)c1)NCCCOC1CCCc2ccccc21. The van der Waals surface area contributed by atoms with E-state index in [0.717, 1.165) is 38.5 Å². The third kappa shape index (κ3) is 5.86. The van der Waals surface area contributed by atoms with Gasteiger partial charge in [0.1, 0.15) is 0 Å². The van der Waals surface area contributed by atoms with Crippen LogP contribution in [-0.2, 0) is 24.8 Å². The standard InChI is InChI=1S/C22H32N4O/c1-3-23-22(25-16-18-12-14-26(2)17-18)24-13-7-15-27-21-11-6-9-19-8-4-5-10-20(19)21/h4-5,8,10,12,14,17,21H,3,6-7,9,11,13,15-16H2,1-2H3,(H2,23,24,25). The third-order valence-corrected chi connectivity index (χ3v) is 4.90. The minimum absolute atomic E-state index is 0.259. The molecule has 1 atom stereocenters. The largest absolute Gasteiger partial charge is 0.373 e. The van der Waals surface area contributed by atoms with E-state index in [0.29, 0.717) is 6.54 Å². The van der Waals surface area contributed by atoms with Crippen molar-refractivity contribution in [2.75, 3.05) is 19.7 Å². The summed E-state index contributed by atoms with van der Waals surface area (Å²) in [5, 5.41) is 6.71. The second-order valence-electron chi connectivity index (χ2n) is 7.11. The molecule has 27 heavy (non-hydrogen) atoms. The quantitative estimate of drug-likeness (QED) is 0.425. The Balaban J connectivity index is 1.40. The Bertz CT molecular complexity index is 737. The number of ether oxygens (including phenoxy) is 1. The highest BCUT2D eigenvalue weighted by Crippen LogP contribution is 2.32. The van der Waals surface area contributed by atoms with E-state index in [4.69, 9.17) is 4.74 Å². The summed E-state index contributed by atoms with van der Waals surface area (Å²) in [4.78, 5) is 4.65.